The minimum Gasteiger partial charge on any atom is -0.481 e. The van der Waals surface area contributed by atoms with Crippen LogP contribution in [0.25, 0.3) is 0 Å². The number of nitrogens with zero attached hydrogens (tertiary/aromatic N) is 3. The van der Waals surface area contributed by atoms with Gasteiger partial charge in [-0.3, -0.25) is 48.5 Å². The Morgan fingerprint density at radius 2 is 1.58 bits per heavy atom. The van der Waals surface area contributed by atoms with E-state index >= 15 is 0 Å². The molecule has 1 aromatic heterocycles. The minimum atomic E-state index is -4.48. The molecule has 2 aromatic carbocycles. The summed E-state index contributed by atoms with van der Waals surface area (Å²) in [5.74, 6) is -6.46. The number of unbranched alkanes of at least 4 members (excludes halogenated alkanes) is 1. The number of aromatic nitrogens is 1. The molecule has 0 aliphatic carbocycles. The summed E-state index contributed by atoms with van der Waals surface area (Å²) in [7, 11) is -4.48. The number of nitrogens with one attached hydrogen (secondary N) is 7. The number of hydrogen-bond donors (Lipinski definition) is 11. The molecule has 340 valence electrons. The molecule has 0 spiro atoms. The zero-order chi connectivity index (χ0) is 46.6. The summed E-state index contributed by atoms with van der Waals surface area (Å²) < 4.78 is 32.6. The van der Waals surface area contributed by atoms with Crippen molar-refractivity contribution in [3.63, 3.8) is 0 Å². The van der Waals surface area contributed by atoms with Gasteiger partial charge in [0.2, 0.25) is 23.6 Å². The second kappa shape index (κ2) is 24.1. The maximum Gasteiger partial charge on any atom is 0.305 e. The van der Waals surface area contributed by atoms with Crippen molar-refractivity contribution >= 4 is 69.5 Å². The fourth-order valence-corrected chi connectivity index (χ4v) is 6.61. The third-order valence-corrected chi connectivity index (χ3v) is 10.0. The number of pyridine rings is 1. The largest absolute Gasteiger partial charge is 0.481 e. The number of hydrogen-bond acceptors (Lipinski definition) is 13. The average Bonchev–Trinajstić information content (AvgIpc) is 3.25. The first-order valence-electron chi connectivity index (χ1n) is 19.6. The molecule has 3 aromatic rings. The van der Waals surface area contributed by atoms with Crippen LogP contribution in [0.1, 0.15) is 53.6 Å². The van der Waals surface area contributed by atoms with Gasteiger partial charge in [0, 0.05) is 31.3 Å². The number of hydrazone groups is 1. The molecule has 13 N–H and O–H groups in total. The van der Waals surface area contributed by atoms with Crippen molar-refractivity contribution < 1.29 is 51.6 Å². The molecular formula is C40H48N12O11S. The van der Waals surface area contributed by atoms with E-state index in [-0.39, 0.29) is 78.7 Å². The standard InChI is InChI=1S/C40H48N12O11S/c41-40(42)44-18-8-13-27-37(58)50-29(19-24-9-2-1-3-10-24)39(60)49-28(38(59)51-30(20-34(54)55)36(57)46-23-33(53)48-27)12-6-7-17-43-35(56)26-15-16-32(45-21-26)52-47-22-25-11-4-5-14-31(25)64(61,62)63/h1-5,9-11,13-16,21-22,28-30H,6-8,12,17-20,23H2,(H,43,56)(H,45,52)(H,46,57)(H,48,53)(H,49,60)(H,50,58)(H,51,59)(H,54,55)(H4,41,42,44)(H,61,62,63)/b27-13-,47-22?/t28-,29-,30-/m1/s1. The van der Waals surface area contributed by atoms with Crippen LogP contribution in [-0.4, -0.2) is 114 Å². The Hall–Kier alpha value is -7.73. The number of anilines is 1. The quantitative estimate of drug-likeness (QED) is 0.0186. The fourth-order valence-electron chi connectivity index (χ4n) is 5.94. The molecule has 0 saturated carbocycles. The molecule has 4 rings (SSSR count). The summed E-state index contributed by atoms with van der Waals surface area (Å²) in [6, 6.07) is 12.8. The van der Waals surface area contributed by atoms with Gasteiger partial charge in [-0.2, -0.15) is 13.5 Å². The Morgan fingerprint density at radius 3 is 2.27 bits per heavy atom. The Bertz CT molecular complexity index is 2370. The first-order chi connectivity index (χ1) is 30.5. The molecule has 0 bridgehead atoms. The van der Waals surface area contributed by atoms with Gasteiger partial charge in [-0.05, 0) is 49.4 Å². The van der Waals surface area contributed by atoms with Crippen molar-refractivity contribution in [3.05, 3.63) is 101 Å². The highest BCUT2D eigenvalue weighted by atomic mass is 32.2. The van der Waals surface area contributed by atoms with Gasteiger partial charge in [0.1, 0.15) is 34.5 Å². The molecule has 1 aliphatic rings. The summed E-state index contributed by atoms with van der Waals surface area (Å²) in [6.07, 6.45) is 3.33. The number of nitrogens with two attached hydrogens (primary N) is 2. The summed E-state index contributed by atoms with van der Waals surface area (Å²) in [5.41, 5.74) is 14.0. The highest BCUT2D eigenvalue weighted by Gasteiger charge is 2.32. The van der Waals surface area contributed by atoms with E-state index in [1.807, 2.05) is 0 Å². The second-order valence-electron chi connectivity index (χ2n) is 14.0. The van der Waals surface area contributed by atoms with Crippen LogP contribution in [0.4, 0.5) is 5.82 Å². The van der Waals surface area contributed by atoms with Crippen LogP contribution < -0.4 is 48.8 Å². The summed E-state index contributed by atoms with van der Waals surface area (Å²) >= 11 is 0. The van der Waals surface area contributed by atoms with Gasteiger partial charge < -0.3 is 48.5 Å². The zero-order valence-electron chi connectivity index (χ0n) is 34.2. The van der Waals surface area contributed by atoms with E-state index in [0.717, 1.165) is 0 Å². The number of carboxylic acid groups (broad SMARTS) is 1. The monoisotopic (exact) mass is 904 g/mol. The lowest BCUT2D eigenvalue weighted by Crippen LogP contribution is -2.57. The van der Waals surface area contributed by atoms with Gasteiger partial charge in [-0.15, -0.1) is 0 Å². The van der Waals surface area contributed by atoms with Crippen molar-refractivity contribution in [2.75, 3.05) is 25.1 Å². The van der Waals surface area contributed by atoms with E-state index < -0.39 is 82.6 Å². The topological polar surface area (TPSA) is 368 Å². The predicted octanol–water partition coefficient (Wildman–Crippen LogP) is -1.36. The van der Waals surface area contributed by atoms with Crippen LogP contribution in [0, 0.1) is 0 Å². The van der Waals surface area contributed by atoms with Gasteiger partial charge in [-0.25, -0.2) is 4.98 Å². The van der Waals surface area contributed by atoms with Gasteiger partial charge in [0.15, 0.2) is 5.96 Å². The van der Waals surface area contributed by atoms with Crippen LogP contribution in [0.3, 0.4) is 0 Å². The minimum absolute atomic E-state index is 0.0392. The number of amides is 6. The average molecular weight is 905 g/mol. The molecule has 0 radical (unpaired) electrons. The number of guanidine groups is 1. The van der Waals surface area contributed by atoms with E-state index in [1.165, 1.54) is 48.8 Å². The van der Waals surface area contributed by atoms with Gasteiger partial charge in [0.05, 0.1) is 24.7 Å². The lowest BCUT2D eigenvalue weighted by molar-refractivity contribution is -0.141. The molecule has 3 atom stereocenters. The Kier molecular flexibility index (Phi) is 18.4. The fraction of sp³-hybridized carbons (Fsp3) is 0.300. The predicted molar refractivity (Wildman–Crippen MR) is 231 cm³/mol. The molecule has 1 fully saturated rings. The maximum absolute atomic E-state index is 14.0. The molecule has 1 aliphatic heterocycles. The van der Waals surface area contributed by atoms with Crippen LogP contribution >= 0.6 is 0 Å². The van der Waals surface area contributed by atoms with E-state index in [0.29, 0.717) is 5.56 Å². The van der Waals surface area contributed by atoms with Crippen molar-refractivity contribution in [2.45, 2.75) is 61.5 Å². The summed E-state index contributed by atoms with van der Waals surface area (Å²) in [6.45, 7) is -0.571. The van der Waals surface area contributed by atoms with Crippen LogP contribution in [-0.2, 0) is 45.3 Å². The molecule has 2 heterocycles. The number of aliphatic carboxylic acids is 1. The van der Waals surface area contributed by atoms with Crippen LogP contribution in [0.15, 0.2) is 99.7 Å². The Morgan fingerprint density at radius 1 is 0.875 bits per heavy atom. The summed E-state index contributed by atoms with van der Waals surface area (Å²) in [5, 5.41) is 28.4. The molecular weight excluding hydrogens is 857 g/mol. The number of carbonyl (C=O) groups excluding carboxylic acids is 6. The molecule has 0 unspecified atom stereocenters. The van der Waals surface area contributed by atoms with Crippen LogP contribution in [0.5, 0.6) is 0 Å². The second-order valence-corrected chi connectivity index (χ2v) is 15.4. The highest BCUT2D eigenvalue weighted by Crippen LogP contribution is 2.14. The number of carbonyl (C=O) groups is 7. The van der Waals surface area contributed by atoms with E-state index in [9.17, 15) is 51.6 Å². The first kappa shape index (κ1) is 48.9. The van der Waals surface area contributed by atoms with E-state index in [4.69, 9.17) is 11.5 Å². The SMILES string of the molecule is NC(N)=NCC/C=C1\NC(=O)CNC(=O)[C@@H](CC(=O)O)NC(=O)[C@@H](CCCCNC(=O)c2ccc(NN=Cc3ccccc3S(=O)(=O)O)nc2)NC(=O)[C@@H](Cc2ccccc2)NC1=O. The van der Waals surface area contributed by atoms with Gasteiger partial charge in [-0.1, -0.05) is 54.6 Å². The van der Waals surface area contributed by atoms with Crippen molar-refractivity contribution in [2.24, 2.45) is 21.6 Å². The molecule has 24 heteroatoms. The lowest BCUT2D eigenvalue weighted by atomic mass is 10.0. The smallest absolute Gasteiger partial charge is 0.305 e. The third kappa shape index (κ3) is 16.3. The molecule has 6 amide bonds. The number of benzene rings is 2. The van der Waals surface area contributed by atoms with Crippen LogP contribution in [0.2, 0.25) is 0 Å². The van der Waals surface area contributed by atoms with E-state index in [1.54, 1.807) is 36.4 Å². The number of carboxylic acids is 1. The highest BCUT2D eigenvalue weighted by molar-refractivity contribution is 7.86. The van der Waals surface area contributed by atoms with Crippen molar-refractivity contribution in [1.82, 2.24) is 36.9 Å². The molecule has 1 saturated heterocycles. The van der Waals surface area contributed by atoms with E-state index in [2.05, 4.69) is 52.4 Å². The Balaban J connectivity index is 1.46. The molecule has 64 heavy (non-hydrogen) atoms. The first-order valence-corrected chi connectivity index (χ1v) is 21.0. The maximum atomic E-state index is 14.0. The third-order valence-electron chi connectivity index (χ3n) is 9.07. The number of aliphatic imine (C=N–C) groups is 1. The van der Waals surface area contributed by atoms with Gasteiger partial charge >= 0.3 is 5.97 Å². The summed E-state index contributed by atoms with van der Waals surface area (Å²) in [4.78, 5) is 99.6. The van der Waals surface area contributed by atoms with Crippen molar-refractivity contribution in [1.29, 1.82) is 0 Å². The van der Waals surface area contributed by atoms with Gasteiger partial charge in [0.25, 0.3) is 21.9 Å². The molecule has 23 nitrogen and oxygen atoms in total. The Labute approximate surface area is 366 Å². The number of rotatable bonds is 17. The van der Waals surface area contributed by atoms with Crippen molar-refractivity contribution in [3.8, 4) is 0 Å². The normalized spacial score (nSPS) is 18.3. The zero-order valence-corrected chi connectivity index (χ0v) is 35.0. The lowest BCUT2D eigenvalue weighted by Gasteiger charge is -2.25.